The monoisotopic (exact) mass is 337 g/mol. The van der Waals surface area contributed by atoms with Gasteiger partial charge in [0.15, 0.2) is 0 Å². The van der Waals surface area contributed by atoms with Crippen LogP contribution in [0.3, 0.4) is 0 Å². The zero-order valence-electron chi connectivity index (χ0n) is 11.4. The Hall–Kier alpha value is -0.330. The Balaban J connectivity index is 2.56. The van der Waals surface area contributed by atoms with Crippen LogP contribution in [0.4, 0.5) is 0 Å². The van der Waals surface area contributed by atoms with Crippen LogP contribution in [0.2, 0.25) is 10.0 Å². The second kappa shape index (κ2) is 5.46. The molecule has 1 saturated heterocycles. The van der Waals surface area contributed by atoms with Gasteiger partial charge in [0.2, 0.25) is 10.0 Å². The molecule has 1 fully saturated rings. The van der Waals surface area contributed by atoms with E-state index in [1.165, 1.54) is 16.4 Å². The Bertz CT molecular complexity index is 629. The molecule has 112 valence electrons. The smallest absolute Gasteiger partial charge is 0.245 e. The van der Waals surface area contributed by atoms with Crippen molar-refractivity contribution < 1.29 is 13.5 Å². The van der Waals surface area contributed by atoms with E-state index in [-0.39, 0.29) is 20.5 Å². The van der Waals surface area contributed by atoms with E-state index in [0.717, 1.165) is 12.8 Å². The van der Waals surface area contributed by atoms with Crippen molar-refractivity contribution in [1.29, 1.82) is 0 Å². The molecule has 1 N–H and O–H groups in total. The second-order valence-electron chi connectivity index (χ2n) is 5.49. The van der Waals surface area contributed by atoms with E-state index in [1.54, 1.807) is 0 Å². The summed E-state index contributed by atoms with van der Waals surface area (Å²) in [5.74, 6) is 0. The Kier molecular flexibility index (Phi) is 4.38. The summed E-state index contributed by atoms with van der Waals surface area (Å²) >= 11 is 12.0. The van der Waals surface area contributed by atoms with Crippen molar-refractivity contribution in [3.63, 3.8) is 0 Å². The number of hydrogen-bond donors (Lipinski definition) is 1. The van der Waals surface area contributed by atoms with Gasteiger partial charge in [-0.2, -0.15) is 4.31 Å². The van der Waals surface area contributed by atoms with Crippen LogP contribution in [0.15, 0.2) is 17.0 Å². The maximum atomic E-state index is 12.8. The van der Waals surface area contributed by atoms with E-state index < -0.39 is 22.2 Å². The Morgan fingerprint density at radius 3 is 2.50 bits per heavy atom. The van der Waals surface area contributed by atoms with Crippen LogP contribution < -0.4 is 0 Å². The van der Waals surface area contributed by atoms with E-state index >= 15 is 0 Å². The number of sulfonamides is 1. The van der Waals surface area contributed by atoms with Crippen molar-refractivity contribution in [3.05, 3.63) is 27.7 Å². The Morgan fingerprint density at radius 1 is 1.35 bits per heavy atom. The quantitative estimate of drug-likeness (QED) is 0.922. The highest BCUT2D eigenvalue weighted by molar-refractivity contribution is 7.89. The minimum absolute atomic E-state index is 0.00240. The summed E-state index contributed by atoms with van der Waals surface area (Å²) in [7, 11) is -3.69. The molecule has 0 aromatic heterocycles. The molecule has 0 spiro atoms. The Labute approximate surface area is 129 Å². The summed E-state index contributed by atoms with van der Waals surface area (Å²) in [6.07, 6.45) is 1.63. The topological polar surface area (TPSA) is 57.6 Å². The van der Waals surface area contributed by atoms with Gasteiger partial charge in [0, 0.05) is 22.7 Å². The van der Waals surface area contributed by atoms with Crippen LogP contribution in [0.1, 0.15) is 32.3 Å². The molecule has 0 amide bonds. The number of aliphatic hydroxyl groups is 1. The highest BCUT2D eigenvalue weighted by Gasteiger charge is 2.41. The molecule has 20 heavy (non-hydrogen) atoms. The highest BCUT2D eigenvalue weighted by Crippen LogP contribution is 2.38. The van der Waals surface area contributed by atoms with Gasteiger partial charge in [0.25, 0.3) is 0 Å². The SMILES string of the molecule is CC1(C)CCCN1S(=O)(=O)c1ccc(Cl)c(CO)c1Cl. The summed E-state index contributed by atoms with van der Waals surface area (Å²) < 4.78 is 27.0. The molecule has 0 radical (unpaired) electrons. The number of benzene rings is 1. The van der Waals surface area contributed by atoms with Crippen molar-refractivity contribution in [1.82, 2.24) is 4.31 Å². The predicted octanol–water partition coefficient (Wildman–Crippen LogP) is 3.05. The van der Waals surface area contributed by atoms with Crippen LogP contribution in [0.5, 0.6) is 0 Å². The molecule has 0 saturated carbocycles. The fourth-order valence-corrected chi connectivity index (χ4v) is 5.29. The molecular weight excluding hydrogens is 321 g/mol. The molecule has 0 atom stereocenters. The van der Waals surface area contributed by atoms with Gasteiger partial charge in [-0.05, 0) is 38.8 Å². The maximum absolute atomic E-state index is 12.8. The van der Waals surface area contributed by atoms with Gasteiger partial charge in [-0.3, -0.25) is 0 Å². The van der Waals surface area contributed by atoms with Crippen LogP contribution >= 0.6 is 23.2 Å². The molecule has 0 aliphatic carbocycles. The fourth-order valence-electron chi connectivity index (χ4n) is 2.57. The van der Waals surface area contributed by atoms with E-state index in [9.17, 15) is 13.5 Å². The van der Waals surface area contributed by atoms with Gasteiger partial charge in [0.1, 0.15) is 4.90 Å². The third-order valence-corrected chi connectivity index (χ3v) is 6.75. The lowest BCUT2D eigenvalue weighted by Gasteiger charge is -2.31. The molecule has 2 rings (SSSR count). The number of rotatable bonds is 3. The van der Waals surface area contributed by atoms with Gasteiger partial charge >= 0.3 is 0 Å². The lowest BCUT2D eigenvalue weighted by molar-refractivity contribution is 0.281. The summed E-state index contributed by atoms with van der Waals surface area (Å²) in [4.78, 5) is 0.00240. The van der Waals surface area contributed by atoms with Crippen molar-refractivity contribution in [2.24, 2.45) is 0 Å². The van der Waals surface area contributed by atoms with Gasteiger partial charge < -0.3 is 5.11 Å². The minimum Gasteiger partial charge on any atom is -0.392 e. The number of halogens is 2. The largest absolute Gasteiger partial charge is 0.392 e. The fraction of sp³-hybridized carbons (Fsp3) is 0.538. The molecule has 1 aromatic carbocycles. The predicted molar refractivity (Wildman–Crippen MR) is 79.6 cm³/mol. The summed E-state index contributed by atoms with van der Waals surface area (Å²) in [5.41, 5.74) is -0.187. The molecule has 1 aromatic rings. The van der Waals surface area contributed by atoms with Crippen LogP contribution in [-0.4, -0.2) is 29.9 Å². The average Bonchev–Trinajstić information content (AvgIpc) is 2.69. The van der Waals surface area contributed by atoms with Gasteiger partial charge in [-0.25, -0.2) is 8.42 Å². The molecule has 1 heterocycles. The maximum Gasteiger partial charge on any atom is 0.245 e. The van der Waals surface area contributed by atoms with Crippen molar-refractivity contribution >= 4 is 33.2 Å². The van der Waals surface area contributed by atoms with E-state index in [1.807, 2.05) is 13.8 Å². The molecule has 0 bridgehead atoms. The molecule has 0 unspecified atom stereocenters. The van der Waals surface area contributed by atoms with Crippen molar-refractivity contribution in [2.75, 3.05) is 6.54 Å². The van der Waals surface area contributed by atoms with E-state index in [4.69, 9.17) is 23.2 Å². The van der Waals surface area contributed by atoms with Gasteiger partial charge in [-0.15, -0.1) is 0 Å². The standard InChI is InChI=1S/C13H17Cl2NO3S/c1-13(2)6-3-7-16(13)20(18,19)11-5-4-10(14)9(8-17)12(11)15/h4-5,17H,3,6-8H2,1-2H3. The first kappa shape index (κ1) is 16.0. The third-order valence-electron chi connectivity index (χ3n) is 3.70. The first-order chi connectivity index (χ1) is 9.21. The summed E-state index contributed by atoms with van der Waals surface area (Å²) in [6.45, 7) is 3.87. The van der Waals surface area contributed by atoms with Crippen LogP contribution in [0.25, 0.3) is 0 Å². The summed E-state index contributed by atoms with van der Waals surface area (Å²) in [5, 5.41) is 9.54. The molecular formula is C13H17Cl2NO3S. The van der Waals surface area contributed by atoms with E-state index in [0.29, 0.717) is 6.54 Å². The van der Waals surface area contributed by atoms with Gasteiger partial charge in [-0.1, -0.05) is 23.2 Å². The highest BCUT2D eigenvalue weighted by atomic mass is 35.5. The van der Waals surface area contributed by atoms with Crippen LogP contribution in [-0.2, 0) is 16.6 Å². The first-order valence-corrected chi connectivity index (χ1v) is 8.52. The number of hydrogen-bond acceptors (Lipinski definition) is 3. The number of aliphatic hydroxyl groups excluding tert-OH is 1. The van der Waals surface area contributed by atoms with Crippen molar-refractivity contribution in [2.45, 2.75) is 43.7 Å². The van der Waals surface area contributed by atoms with Crippen LogP contribution in [0, 0.1) is 0 Å². The van der Waals surface area contributed by atoms with Crippen molar-refractivity contribution in [3.8, 4) is 0 Å². The second-order valence-corrected chi connectivity index (χ2v) is 8.11. The van der Waals surface area contributed by atoms with Gasteiger partial charge in [0.05, 0.1) is 11.6 Å². The lowest BCUT2D eigenvalue weighted by atomic mass is 10.0. The third kappa shape index (κ3) is 2.57. The normalized spacial score (nSPS) is 19.4. The average molecular weight is 338 g/mol. The molecule has 4 nitrogen and oxygen atoms in total. The molecule has 1 aliphatic rings. The lowest BCUT2D eigenvalue weighted by Crippen LogP contribution is -2.42. The molecule has 7 heteroatoms. The summed E-state index contributed by atoms with van der Waals surface area (Å²) in [6, 6.07) is 2.85. The van der Waals surface area contributed by atoms with E-state index in [2.05, 4.69) is 0 Å². The zero-order chi connectivity index (χ0) is 15.1. The Morgan fingerprint density at radius 2 is 2.00 bits per heavy atom. The minimum atomic E-state index is -3.69. The molecule has 1 aliphatic heterocycles. The zero-order valence-corrected chi connectivity index (χ0v) is 13.7. The number of nitrogens with zero attached hydrogens (tertiary/aromatic N) is 1. The first-order valence-electron chi connectivity index (χ1n) is 6.32.